The summed E-state index contributed by atoms with van der Waals surface area (Å²) in [5.41, 5.74) is 1.79. The van der Waals surface area contributed by atoms with Crippen LogP contribution in [0.25, 0.3) is 0 Å². The van der Waals surface area contributed by atoms with Gasteiger partial charge in [-0.3, -0.25) is 9.69 Å². The number of para-hydroxylation sites is 1. The number of amides is 3. The molecule has 2 aromatic carbocycles. The lowest BCUT2D eigenvalue weighted by molar-refractivity contribution is -0.116. The molecule has 0 spiro atoms. The zero-order valence-corrected chi connectivity index (χ0v) is 15.1. The standard InChI is InChI=1S/C20H21N3O4/c1-2-27-19(25)15-8-10-16(11-9-15)21-18(24)14-22-12-13-23(20(22)26)17-6-4-3-5-7-17/h3-11H,2,12-14H2,1H3,(H,21,24). The van der Waals surface area contributed by atoms with Crippen LogP contribution in [0.15, 0.2) is 54.6 Å². The Labute approximate surface area is 157 Å². The van der Waals surface area contributed by atoms with Gasteiger partial charge >= 0.3 is 12.0 Å². The third-order valence-electron chi connectivity index (χ3n) is 4.18. The van der Waals surface area contributed by atoms with Gasteiger partial charge in [0.05, 0.1) is 12.2 Å². The topological polar surface area (TPSA) is 79.0 Å². The maximum Gasteiger partial charge on any atom is 0.338 e. The van der Waals surface area contributed by atoms with Crippen LogP contribution in [0.5, 0.6) is 0 Å². The van der Waals surface area contributed by atoms with Gasteiger partial charge in [-0.05, 0) is 43.3 Å². The Hall–Kier alpha value is -3.35. The van der Waals surface area contributed by atoms with Crippen molar-refractivity contribution in [2.45, 2.75) is 6.92 Å². The second-order valence-electron chi connectivity index (χ2n) is 6.04. The molecule has 0 aliphatic carbocycles. The third kappa shape index (κ3) is 4.44. The number of rotatable bonds is 6. The van der Waals surface area contributed by atoms with Crippen LogP contribution in [-0.4, -0.2) is 49.0 Å². The predicted octanol–water partition coefficient (Wildman–Crippen LogP) is 2.74. The average Bonchev–Trinajstić information content (AvgIpc) is 3.03. The van der Waals surface area contributed by atoms with E-state index in [0.717, 1.165) is 5.69 Å². The summed E-state index contributed by atoms with van der Waals surface area (Å²) in [5, 5.41) is 2.74. The summed E-state index contributed by atoms with van der Waals surface area (Å²) < 4.78 is 4.92. The minimum absolute atomic E-state index is 0.0260. The number of hydrogen-bond acceptors (Lipinski definition) is 4. The molecule has 2 aromatic rings. The van der Waals surface area contributed by atoms with E-state index < -0.39 is 5.97 Å². The van der Waals surface area contributed by atoms with Crippen molar-refractivity contribution < 1.29 is 19.1 Å². The van der Waals surface area contributed by atoms with Crippen molar-refractivity contribution >= 4 is 29.3 Å². The van der Waals surface area contributed by atoms with Crippen LogP contribution < -0.4 is 10.2 Å². The van der Waals surface area contributed by atoms with Crippen molar-refractivity contribution in [3.8, 4) is 0 Å². The van der Waals surface area contributed by atoms with Crippen molar-refractivity contribution in [1.82, 2.24) is 4.90 Å². The molecule has 0 atom stereocenters. The van der Waals surface area contributed by atoms with Gasteiger partial charge < -0.3 is 15.0 Å². The second kappa shape index (κ2) is 8.35. The molecule has 1 aliphatic heterocycles. The lowest BCUT2D eigenvalue weighted by Gasteiger charge is -2.18. The summed E-state index contributed by atoms with van der Waals surface area (Å²) in [6.07, 6.45) is 0. The number of nitrogens with zero attached hydrogens (tertiary/aromatic N) is 2. The van der Waals surface area contributed by atoms with Gasteiger partial charge in [0.1, 0.15) is 6.54 Å². The molecular weight excluding hydrogens is 346 g/mol. The van der Waals surface area contributed by atoms with Gasteiger partial charge in [-0.2, -0.15) is 0 Å². The number of benzene rings is 2. The summed E-state index contributed by atoms with van der Waals surface area (Å²) in [4.78, 5) is 39.6. The quantitative estimate of drug-likeness (QED) is 0.797. The first-order chi connectivity index (χ1) is 13.1. The Morgan fingerprint density at radius 2 is 1.74 bits per heavy atom. The monoisotopic (exact) mass is 367 g/mol. The van der Waals surface area contributed by atoms with Gasteiger partial charge in [0.2, 0.25) is 5.91 Å². The zero-order chi connectivity index (χ0) is 19.2. The molecule has 1 heterocycles. The fourth-order valence-electron chi connectivity index (χ4n) is 2.85. The summed E-state index contributed by atoms with van der Waals surface area (Å²) >= 11 is 0. The maximum absolute atomic E-state index is 12.5. The van der Waals surface area contributed by atoms with Gasteiger partial charge in [-0.15, -0.1) is 0 Å². The van der Waals surface area contributed by atoms with Crippen molar-refractivity contribution in [3.63, 3.8) is 0 Å². The maximum atomic E-state index is 12.5. The molecule has 1 fully saturated rings. The first kappa shape index (κ1) is 18.4. The number of urea groups is 1. The highest BCUT2D eigenvalue weighted by Gasteiger charge is 2.30. The molecule has 1 saturated heterocycles. The third-order valence-corrected chi connectivity index (χ3v) is 4.18. The van der Waals surface area contributed by atoms with Gasteiger partial charge in [-0.1, -0.05) is 18.2 Å². The Kier molecular flexibility index (Phi) is 5.71. The normalized spacial score (nSPS) is 13.6. The molecule has 0 aromatic heterocycles. The highest BCUT2D eigenvalue weighted by molar-refractivity contribution is 5.99. The van der Waals surface area contributed by atoms with Crippen LogP contribution in [0, 0.1) is 0 Å². The van der Waals surface area contributed by atoms with Crippen molar-refractivity contribution in [3.05, 3.63) is 60.2 Å². The molecule has 1 aliphatic rings. The number of hydrogen-bond donors (Lipinski definition) is 1. The molecule has 140 valence electrons. The predicted molar refractivity (Wildman–Crippen MR) is 102 cm³/mol. The zero-order valence-electron chi connectivity index (χ0n) is 15.1. The van der Waals surface area contributed by atoms with E-state index in [1.807, 2.05) is 30.3 Å². The van der Waals surface area contributed by atoms with Crippen LogP contribution in [-0.2, 0) is 9.53 Å². The van der Waals surface area contributed by atoms with E-state index in [-0.39, 0.29) is 18.5 Å². The molecule has 3 rings (SSSR count). The Morgan fingerprint density at radius 1 is 1.04 bits per heavy atom. The van der Waals surface area contributed by atoms with Gasteiger partial charge in [0.15, 0.2) is 0 Å². The summed E-state index contributed by atoms with van der Waals surface area (Å²) in [5.74, 6) is -0.693. The van der Waals surface area contributed by atoms with Crippen LogP contribution in [0.4, 0.5) is 16.2 Å². The number of anilines is 2. The molecule has 0 radical (unpaired) electrons. The number of ether oxygens (including phenoxy) is 1. The number of carbonyl (C=O) groups is 3. The van der Waals surface area contributed by atoms with Gasteiger partial charge in [0.25, 0.3) is 0 Å². The van der Waals surface area contributed by atoms with Crippen LogP contribution in [0.3, 0.4) is 0 Å². The Bertz CT molecular complexity index is 821. The summed E-state index contributed by atoms with van der Waals surface area (Å²) in [7, 11) is 0. The van der Waals surface area contributed by atoms with Gasteiger partial charge in [0, 0.05) is 24.5 Å². The van der Waals surface area contributed by atoms with E-state index in [1.54, 1.807) is 36.1 Å². The molecule has 0 unspecified atom stereocenters. The van der Waals surface area contributed by atoms with E-state index in [9.17, 15) is 14.4 Å². The highest BCUT2D eigenvalue weighted by atomic mass is 16.5. The van der Waals surface area contributed by atoms with E-state index in [0.29, 0.717) is 30.9 Å². The van der Waals surface area contributed by atoms with Crippen molar-refractivity contribution in [2.24, 2.45) is 0 Å². The number of esters is 1. The average molecular weight is 367 g/mol. The SMILES string of the molecule is CCOC(=O)c1ccc(NC(=O)CN2CCN(c3ccccc3)C2=O)cc1. The van der Waals surface area contributed by atoms with Crippen LogP contribution in [0.1, 0.15) is 17.3 Å². The fourth-order valence-corrected chi connectivity index (χ4v) is 2.85. The largest absolute Gasteiger partial charge is 0.462 e. The smallest absolute Gasteiger partial charge is 0.338 e. The number of nitrogens with one attached hydrogen (secondary N) is 1. The molecule has 7 nitrogen and oxygen atoms in total. The second-order valence-corrected chi connectivity index (χ2v) is 6.04. The number of carbonyl (C=O) groups excluding carboxylic acids is 3. The molecule has 1 N–H and O–H groups in total. The van der Waals surface area contributed by atoms with E-state index in [2.05, 4.69) is 5.32 Å². The lowest BCUT2D eigenvalue weighted by atomic mass is 10.2. The molecule has 3 amide bonds. The van der Waals surface area contributed by atoms with Crippen LogP contribution >= 0.6 is 0 Å². The highest BCUT2D eigenvalue weighted by Crippen LogP contribution is 2.19. The minimum atomic E-state index is -0.404. The first-order valence-electron chi connectivity index (χ1n) is 8.77. The summed E-state index contributed by atoms with van der Waals surface area (Å²) in [6.45, 7) is 3.06. The van der Waals surface area contributed by atoms with Gasteiger partial charge in [-0.25, -0.2) is 9.59 Å². The Balaban J connectivity index is 1.55. The molecule has 7 heteroatoms. The van der Waals surface area contributed by atoms with E-state index in [1.165, 1.54) is 4.90 Å². The van der Waals surface area contributed by atoms with Crippen molar-refractivity contribution in [1.29, 1.82) is 0 Å². The Morgan fingerprint density at radius 3 is 2.41 bits per heavy atom. The lowest BCUT2D eigenvalue weighted by Crippen LogP contribution is -2.37. The van der Waals surface area contributed by atoms with E-state index >= 15 is 0 Å². The van der Waals surface area contributed by atoms with Crippen LogP contribution in [0.2, 0.25) is 0 Å². The van der Waals surface area contributed by atoms with Crippen molar-refractivity contribution in [2.75, 3.05) is 36.5 Å². The molecule has 27 heavy (non-hydrogen) atoms. The molecule has 0 bridgehead atoms. The summed E-state index contributed by atoms with van der Waals surface area (Å²) in [6, 6.07) is 15.6. The minimum Gasteiger partial charge on any atom is -0.462 e. The molecule has 0 saturated carbocycles. The fraction of sp³-hybridized carbons (Fsp3) is 0.250. The first-order valence-corrected chi connectivity index (χ1v) is 8.77. The molecular formula is C20H21N3O4. The van der Waals surface area contributed by atoms with E-state index in [4.69, 9.17) is 4.74 Å².